The van der Waals surface area contributed by atoms with Crippen LogP contribution in [-0.2, 0) is 18.4 Å². The Morgan fingerprint density at radius 2 is 2.25 bits per heavy atom. The van der Waals surface area contributed by atoms with Crippen molar-refractivity contribution in [3.05, 3.63) is 0 Å². The number of hydrogen-bond donors (Lipinski definition) is 0. The summed E-state index contributed by atoms with van der Waals surface area (Å²) in [5, 5.41) is 0.488. The number of hydroxylamine groups is 2. The zero-order chi connectivity index (χ0) is 9.35. The van der Waals surface area contributed by atoms with Crippen LogP contribution in [0.25, 0.3) is 0 Å². The molecule has 0 spiro atoms. The van der Waals surface area contributed by atoms with Crippen LogP contribution in [0.5, 0.6) is 0 Å². The highest BCUT2D eigenvalue weighted by Crippen LogP contribution is 2.21. The lowest BCUT2D eigenvalue weighted by Gasteiger charge is -2.09. The van der Waals surface area contributed by atoms with Gasteiger partial charge in [-0.1, -0.05) is 11.8 Å². The number of thioether (sulfide) groups is 1. The molecule has 1 fully saturated rings. The largest absolute Gasteiger partial charge is 0.376 e. The number of thiocarbonyl (C=S) groups is 1. The predicted octanol–water partition coefficient (Wildman–Crippen LogP) is 0.262. The third-order valence-corrected chi connectivity index (χ3v) is 2.69. The molecule has 9 heteroatoms. The molecule has 12 heavy (non-hydrogen) atoms. The molecule has 0 aromatic heterocycles. The molecular formula is C3H2ClNO4S3. The van der Waals surface area contributed by atoms with Crippen molar-refractivity contribution in [2.45, 2.75) is 0 Å². The number of rotatable bonds is 2. The summed E-state index contributed by atoms with van der Waals surface area (Å²) >= 11 is 5.62. The Morgan fingerprint density at radius 1 is 1.67 bits per heavy atom. The van der Waals surface area contributed by atoms with Crippen LogP contribution in [0, 0.1) is 0 Å². The van der Waals surface area contributed by atoms with Gasteiger partial charge in [0.2, 0.25) is 0 Å². The van der Waals surface area contributed by atoms with E-state index in [2.05, 4.69) is 16.5 Å². The Hall–Kier alpha value is 0.110. The van der Waals surface area contributed by atoms with Crippen molar-refractivity contribution in [2.75, 3.05) is 5.75 Å². The van der Waals surface area contributed by atoms with Crippen LogP contribution < -0.4 is 0 Å². The second-order valence-corrected chi connectivity index (χ2v) is 5.39. The molecule has 1 aliphatic heterocycles. The quantitative estimate of drug-likeness (QED) is 0.515. The van der Waals surface area contributed by atoms with E-state index in [0.717, 1.165) is 11.8 Å². The van der Waals surface area contributed by atoms with Crippen molar-refractivity contribution >= 4 is 54.2 Å². The van der Waals surface area contributed by atoms with Gasteiger partial charge in [-0.15, -0.1) is 4.28 Å². The van der Waals surface area contributed by atoms with E-state index in [4.69, 9.17) is 10.7 Å². The van der Waals surface area contributed by atoms with E-state index >= 15 is 0 Å². The van der Waals surface area contributed by atoms with Crippen molar-refractivity contribution in [3.8, 4) is 0 Å². The second-order valence-electron chi connectivity index (χ2n) is 1.71. The van der Waals surface area contributed by atoms with Crippen LogP contribution in [0.2, 0.25) is 0 Å². The average Bonchev–Trinajstić information content (AvgIpc) is 2.16. The molecule has 1 rings (SSSR count). The van der Waals surface area contributed by atoms with Crippen LogP contribution in [0.15, 0.2) is 0 Å². The Balaban J connectivity index is 2.76. The minimum atomic E-state index is -4.20. The topological polar surface area (TPSA) is 63.7 Å². The summed E-state index contributed by atoms with van der Waals surface area (Å²) in [6.45, 7) is 0. The van der Waals surface area contributed by atoms with Gasteiger partial charge in [0.15, 0.2) is 4.32 Å². The molecule has 0 radical (unpaired) electrons. The zero-order valence-corrected chi connectivity index (χ0v) is 8.60. The van der Waals surface area contributed by atoms with Gasteiger partial charge in [0.1, 0.15) is 0 Å². The van der Waals surface area contributed by atoms with Crippen LogP contribution >= 0.6 is 34.7 Å². The molecule has 1 saturated heterocycles. The van der Waals surface area contributed by atoms with Gasteiger partial charge in [0.05, 0.1) is 16.4 Å². The average molecular weight is 248 g/mol. The highest BCUT2D eigenvalue weighted by atomic mass is 35.7. The first-order valence-electron chi connectivity index (χ1n) is 2.54. The molecule has 0 bridgehead atoms. The second kappa shape index (κ2) is 3.46. The number of carbonyl (C=O) groups excluding carboxylic acids is 1. The van der Waals surface area contributed by atoms with Gasteiger partial charge in [-0.3, -0.25) is 4.79 Å². The van der Waals surface area contributed by atoms with Crippen LogP contribution in [0.4, 0.5) is 0 Å². The maximum absolute atomic E-state index is 10.8. The lowest BCUT2D eigenvalue weighted by molar-refractivity contribution is -0.138. The van der Waals surface area contributed by atoms with Crippen molar-refractivity contribution in [2.24, 2.45) is 0 Å². The molecule has 5 nitrogen and oxygen atoms in total. The third kappa shape index (κ3) is 2.56. The van der Waals surface area contributed by atoms with Gasteiger partial charge >= 0.3 is 9.33 Å². The summed E-state index contributed by atoms with van der Waals surface area (Å²) in [6.07, 6.45) is 0. The Kier molecular flexibility index (Phi) is 2.94. The zero-order valence-electron chi connectivity index (χ0n) is 5.39. The van der Waals surface area contributed by atoms with E-state index in [1.807, 2.05) is 0 Å². The molecule has 1 amide bonds. The van der Waals surface area contributed by atoms with Gasteiger partial charge in [-0.25, -0.2) is 0 Å². The maximum Gasteiger partial charge on any atom is 0.376 e. The number of carbonyl (C=O) groups is 1. The van der Waals surface area contributed by atoms with Crippen molar-refractivity contribution < 1.29 is 17.5 Å². The summed E-state index contributed by atoms with van der Waals surface area (Å²) in [7, 11) is 0.534. The molecule has 0 atom stereocenters. The summed E-state index contributed by atoms with van der Waals surface area (Å²) in [5.41, 5.74) is 0. The number of halogens is 1. The Bertz CT molecular complexity index is 308. The summed E-state index contributed by atoms with van der Waals surface area (Å²) in [5.74, 6) is -0.458. The van der Waals surface area contributed by atoms with E-state index in [0.29, 0.717) is 5.06 Å². The molecule has 0 aromatic rings. The fourth-order valence-corrected chi connectivity index (χ4v) is 2.04. The minimum absolute atomic E-state index is 0.0456. The van der Waals surface area contributed by atoms with Crippen LogP contribution in [-0.4, -0.2) is 29.5 Å². The molecule has 0 unspecified atom stereocenters. The highest BCUT2D eigenvalue weighted by Gasteiger charge is 2.31. The normalized spacial score (nSPS) is 18.9. The first kappa shape index (κ1) is 10.2. The molecular weight excluding hydrogens is 246 g/mol. The van der Waals surface area contributed by atoms with E-state index in [9.17, 15) is 13.2 Å². The van der Waals surface area contributed by atoms with E-state index in [-0.39, 0.29) is 10.1 Å². The van der Waals surface area contributed by atoms with Crippen molar-refractivity contribution in [1.29, 1.82) is 0 Å². The van der Waals surface area contributed by atoms with Gasteiger partial charge in [-0.2, -0.15) is 13.5 Å². The number of hydrogen-bond acceptors (Lipinski definition) is 6. The lowest BCUT2D eigenvalue weighted by Crippen LogP contribution is -2.29. The van der Waals surface area contributed by atoms with Gasteiger partial charge < -0.3 is 0 Å². The lowest BCUT2D eigenvalue weighted by atomic mass is 10.7. The monoisotopic (exact) mass is 247 g/mol. The molecule has 68 valence electrons. The van der Waals surface area contributed by atoms with Crippen LogP contribution in [0.3, 0.4) is 0 Å². The van der Waals surface area contributed by atoms with E-state index in [1.54, 1.807) is 0 Å². The minimum Gasteiger partial charge on any atom is -0.271 e. The summed E-state index contributed by atoms with van der Waals surface area (Å²) in [6, 6.07) is 0. The smallest absolute Gasteiger partial charge is 0.271 e. The summed E-state index contributed by atoms with van der Waals surface area (Å²) in [4.78, 5) is 10.8. The first-order chi connectivity index (χ1) is 5.40. The molecule has 0 aromatic carbocycles. The molecule has 0 N–H and O–H groups in total. The van der Waals surface area contributed by atoms with Gasteiger partial charge in [0, 0.05) is 0 Å². The SMILES string of the molecule is O=C1CSC(=S)N1OS(=O)(=O)Cl. The van der Waals surface area contributed by atoms with Gasteiger partial charge in [-0.05, 0) is 12.2 Å². The van der Waals surface area contributed by atoms with E-state index in [1.165, 1.54) is 0 Å². The molecule has 0 saturated carbocycles. The number of amides is 1. The Morgan fingerprint density at radius 3 is 2.58 bits per heavy atom. The van der Waals surface area contributed by atoms with E-state index < -0.39 is 15.2 Å². The van der Waals surface area contributed by atoms with Crippen LogP contribution in [0.1, 0.15) is 0 Å². The highest BCUT2D eigenvalue weighted by molar-refractivity contribution is 8.24. The fourth-order valence-electron chi connectivity index (χ4n) is 0.504. The Labute approximate surface area is 82.6 Å². The fraction of sp³-hybridized carbons (Fsp3) is 0.333. The molecule has 1 heterocycles. The predicted molar refractivity (Wildman–Crippen MR) is 47.8 cm³/mol. The van der Waals surface area contributed by atoms with Crippen molar-refractivity contribution in [1.82, 2.24) is 5.06 Å². The summed E-state index contributed by atoms with van der Waals surface area (Å²) < 4.78 is 24.8. The first-order valence-corrected chi connectivity index (χ1v) is 6.17. The molecule has 0 aliphatic carbocycles. The van der Waals surface area contributed by atoms with Gasteiger partial charge in [0.25, 0.3) is 5.91 Å². The number of nitrogens with zero attached hydrogens (tertiary/aromatic N) is 1. The third-order valence-electron chi connectivity index (χ3n) is 0.875. The standard InChI is InChI=1S/C3H2ClNO4S3/c4-12(7,8)9-5-2(6)1-11-3(5)10/h1H2. The van der Waals surface area contributed by atoms with Crippen molar-refractivity contribution in [3.63, 3.8) is 0 Å². The maximum atomic E-state index is 10.8. The molecule has 1 aliphatic rings.